The zero-order valence-electron chi connectivity index (χ0n) is 10.7. The van der Waals surface area contributed by atoms with Crippen molar-refractivity contribution in [1.82, 2.24) is 0 Å². The summed E-state index contributed by atoms with van der Waals surface area (Å²) in [6.45, 7) is 3.82. The van der Waals surface area contributed by atoms with Gasteiger partial charge in [-0.3, -0.25) is 4.79 Å². The Balaban J connectivity index is 2.27. The number of phenols is 1. The number of nitrogens with one attached hydrogen (secondary N) is 1. The first-order valence-electron chi connectivity index (χ1n) is 5.84. The van der Waals surface area contributed by atoms with Crippen LogP contribution in [0.5, 0.6) is 5.75 Å². The van der Waals surface area contributed by atoms with E-state index in [1.165, 1.54) is 0 Å². The van der Waals surface area contributed by atoms with Gasteiger partial charge in [0.05, 0.1) is 5.69 Å². The third-order valence-corrected chi connectivity index (χ3v) is 3.18. The van der Waals surface area contributed by atoms with Crippen LogP contribution in [0, 0.1) is 13.8 Å². The van der Waals surface area contributed by atoms with Gasteiger partial charge in [-0.25, -0.2) is 0 Å². The maximum absolute atomic E-state index is 12.0. The molecule has 0 fully saturated rings. The molecular weight excluding hydrogens is 262 g/mol. The number of halogens is 1. The molecule has 0 aliphatic rings. The van der Waals surface area contributed by atoms with Gasteiger partial charge in [-0.05, 0) is 55.3 Å². The lowest BCUT2D eigenvalue weighted by Gasteiger charge is -2.10. The second-order valence-electron chi connectivity index (χ2n) is 4.42. The lowest BCUT2D eigenvalue weighted by atomic mass is 10.1. The maximum Gasteiger partial charge on any atom is 0.255 e. The van der Waals surface area contributed by atoms with Crippen LogP contribution in [0.2, 0.25) is 5.02 Å². The van der Waals surface area contributed by atoms with Crippen LogP contribution in [0.25, 0.3) is 0 Å². The molecule has 4 heteroatoms. The van der Waals surface area contributed by atoms with Crippen molar-refractivity contribution in [3.63, 3.8) is 0 Å². The molecule has 1 amide bonds. The van der Waals surface area contributed by atoms with Crippen molar-refractivity contribution in [2.75, 3.05) is 5.32 Å². The van der Waals surface area contributed by atoms with E-state index < -0.39 is 0 Å². The lowest BCUT2D eigenvalue weighted by molar-refractivity contribution is 0.102. The highest BCUT2D eigenvalue weighted by Crippen LogP contribution is 2.27. The van der Waals surface area contributed by atoms with Gasteiger partial charge in [0.1, 0.15) is 5.75 Å². The maximum atomic E-state index is 12.0. The van der Waals surface area contributed by atoms with E-state index in [1.54, 1.807) is 36.4 Å². The molecule has 0 bridgehead atoms. The third kappa shape index (κ3) is 3.06. The van der Waals surface area contributed by atoms with Crippen LogP contribution in [0.15, 0.2) is 36.4 Å². The molecule has 0 radical (unpaired) electrons. The molecule has 0 heterocycles. The van der Waals surface area contributed by atoms with Crippen LogP contribution in [-0.2, 0) is 0 Å². The Kier molecular flexibility index (Phi) is 3.76. The smallest absolute Gasteiger partial charge is 0.255 e. The average molecular weight is 276 g/mol. The molecule has 2 aromatic carbocycles. The van der Waals surface area contributed by atoms with Gasteiger partial charge in [0.15, 0.2) is 0 Å². The van der Waals surface area contributed by atoms with Crippen LogP contribution >= 0.6 is 11.6 Å². The van der Waals surface area contributed by atoms with Crippen molar-refractivity contribution in [1.29, 1.82) is 0 Å². The van der Waals surface area contributed by atoms with Crippen LogP contribution in [0.1, 0.15) is 21.5 Å². The van der Waals surface area contributed by atoms with Gasteiger partial charge in [-0.15, -0.1) is 0 Å². The average Bonchev–Trinajstić information content (AvgIpc) is 2.36. The fourth-order valence-corrected chi connectivity index (χ4v) is 1.92. The van der Waals surface area contributed by atoms with E-state index in [1.807, 2.05) is 13.8 Å². The Morgan fingerprint density at radius 2 is 1.84 bits per heavy atom. The van der Waals surface area contributed by atoms with E-state index in [4.69, 9.17) is 11.6 Å². The first-order chi connectivity index (χ1) is 8.97. The molecule has 98 valence electrons. The number of anilines is 1. The lowest BCUT2D eigenvalue weighted by Crippen LogP contribution is -2.12. The molecule has 0 aromatic heterocycles. The molecule has 0 aliphatic carbocycles. The van der Waals surface area contributed by atoms with Gasteiger partial charge in [0.25, 0.3) is 5.91 Å². The van der Waals surface area contributed by atoms with Crippen molar-refractivity contribution in [3.05, 3.63) is 58.1 Å². The topological polar surface area (TPSA) is 49.3 Å². The quantitative estimate of drug-likeness (QED) is 0.816. The summed E-state index contributed by atoms with van der Waals surface area (Å²) in [5, 5.41) is 13.0. The summed E-state index contributed by atoms with van der Waals surface area (Å²) in [6, 6.07) is 10.0. The number of rotatable bonds is 2. The number of hydrogen-bond donors (Lipinski definition) is 2. The largest absolute Gasteiger partial charge is 0.506 e. The predicted molar refractivity (Wildman–Crippen MR) is 77.0 cm³/mol. The van der Waals surface area contributed by atoms with Crippen molar-refractivity contribution in [2.45, 2.75) is 13.8 Å². The number of carbonyl (C=O) groups is 1. The highest BCUT2D eigenvalue weighted by atomic mass is 35.5. The summed E-state index contributed by atoms with van der Waals surface area (Å²) in [4.78, 5) is 12.0. The summed E-state index contributed by atoms with van der Waals surface area (Å²) in [5.74, 6) is -0.250. The van der Waals surface area contributed by atoms with Gasteiger partial charge in [-0.2, -0.15) is 0 Å². The van der Waals surface area contributed by atoms with E-state index in [0.29, 0.717) is 16.3 Å². The number of aryl methyl sites for hydroxylation is 2. The molecule has 0 spiro atoms. The molecule has 2 N–H and O–H groups in total. The Labute approximate surface area is 116 Å². The summed E-state index contributed by atoms with van der Waals surface area (Å²) in [7, 11) is 0. The predicted octanol–water partition coefficient (Wildman–Crippen LogP) is 3.91. The molecule has 0 saturated carbocycles. The number of aromatic hydroxyl groups is 1. The number of hydrogen-bond acceptors (Lipinski definition) is 2. The molecule has 0 unspecified atom stereocenters. The number of carbonyl (C=O) groups excluding carboxylic acids is 1. The highest BCUT2D eigenvalue weighted by molar-refractivity contribution is 6.31. The first kappa shape index (κ1) is 13.4. The summed E-state index contributed by atoms with van der Waals surface area (Å²) < 4.78 is 0. The number of phenolic OH excluding ortho intramolecular Hbond substituents is 1. The molecule has 0 saturated heterocycles. The second-order valence-corrected chi connectivity index (χ2v) is 4.85. The van der Waals surface area contributed by atoms with Crippen molar-refractivity contribution in [3.8, 4) is 5.75 Å². The molecule has 19 heavy (non-hydrogen) atoms. The van der Waals surface area contributed by atoms with Gasteiger partial charge < -0.3 is 10.4 Å². The second kappa shape index (κ2) is 5.33. The monoisotopic (exact) mass is 275 g/mol. The van der Waals surface area contributed by atoms with Gasteiger partial charge in [-0.1, -0.05) is 17.7 Å². The Morgan fingerprint density at radius 1 is 1.16 bits per heavy atom. The molecule has 0 aliphatic heterocycles. The standard InChI is InChI=1S/C15H14ClNO2/c1-9-6-13(14(18)7-10(9)2)17-15(19)11-4-3-5-12(16)8-11/h3-8,18H,1-2H3,(H,17,19). The van der Waals surface area contributed by atoms with Crippen LogP contribution in [-0.4, -0.2) is 11.0 Å². The van der Waals surface area contributed by atoms with Gasteiger partial charge >= 0.3 is 0 Å². The van der Waals surface area contributed by atoms with E-state index in [9.17, 15) is 9.90 Å². The normalized spacial score (nSPS) is 10.3. The Hall–Kier alpha value is -2.00. The summed E-state index contributed by atoms with van der Waals surface area (Å²) >= 11 is 5.84. The first-order valence-corrected chi connectivity index (χ1v) is 6.22. The van der Waals surface area contributed by atoms with E-state index in [0.717, 1.165) is 11.1 Å². The highest BCUT2D eigenvalue weighted by Gasteiger charge is 2.10. The molecule has 2 rings (SSSR count). The van der Waals surface area contributed by atoms with Crippen LogP contribution in [0.3, 0.4) is 0 Å². The molecule has 2 aromatic rings. The summed E-state index contributed by atoms with van der Waals surface area (Å²) in [6.07, 6.45) is 0. The van der Waals surface area contributed by atoms with Crippen molar-refractivity contribution < 1.29 is 9.90 Å². The van der Waals surface area contributed by atoms with Gasteiger partial charge in [0, 0.05) is 10.6 Å². The van der Waals surface area contributed by atoms with Gasteiger partial charge in [0.2, 0.25) is 0 Å². The van der Waals surface area contributed by atoms with Crippen LogP contribution in [0.4, 0.5) is 5.69 Å². The number of amides is 1. The van der Waals surface area contributed by atoms with Crippen molar-refractivity contribution in [2.24, 2.45) is 0 Å². The zero-order valence-corrected chi connectivity index (χ0v) is 11.5. The van der Waals surface area contributed by atoms with E-state index in [-0.39, 0.29) is 11.7 Å². The third-order valence-electron chi connectivity index (χ3n) is 2.95. The SMILES string of the molecule is Cc1cc(O)c(NC(=O)c2cccc(Cl)c2)cc1C. The Morgan fingerprint density at radius 3 is 2.53 bits per heavy atom. The van der Waals surface area contributed by atoms with E-state index in [2.05, 4.69) is 5.32 Å². The summed E-state index contributed by atoms with van der Waals surface area (Å²) in [5.41, 5.74) is 2.82. The minimum Gasteiger partial charge on any atom is -0.506 e. The van der Waals surface area contributed by atoms with Crippen molar-refractivity contribution >= 4 is 23.2 Å². The van der Waals surface area contributed by atoms with Crippen LogP contribution < -0.4 is 5.32 Å². The molecule has 0 atom stereocenters. The Bertz CT molecular complexity index is 638. The fraction of sp³-hybridized carbons (Fsp3) is 0.133. The number of benzene rings is 2. The zero-order chi connectivity index (χ0) is 14.0. The minimum atomic E-state index is -0.305. The molecule has 3 nitrogen and oxygen atoms in total. The molecular formula is C15H14ClNO2. The fourth-order valence-electron chi connectivity index (χ4n) is 1.73. The van der Waals surface area contributed by atoms with E-state index >= 15 is 0 Å². The minimum absolute atomic E-state index is 0.0541.